The van der Waals surface area contributed by atoms with Crippen LogP contribution in [0.4, 0.5) is 5.69 Å². The van der Waals surface area contributed by atoms with E-state index in [0.717, 1.165) is 21.6 Å². The van der Waals surface area contributed by atoms with Crippen LogP contribution in [0, 0.1) is 0 Å². The molecule has 0 spiro atoms. The van der Waals surface area contributed by atoms with Crippen molar-refractivity contribution in [1.29, 1.82) is 0 Å². The molecule has 154 valence electrons. The number of nitrogens with zero attached hydrogens (tertiary/aromatic N) is 2. The molecular formula is C22H20ClN3O3S. The lowest BCUT2D eigenvalue weighted by atomic mass is 10.2. The Labute approximate surface area is 183 Å². The van der Waals surface area contributed by atoms with Gasteiger partial charge in [0, 0.05) is 35.0 Å². The summed E-state index contributed by atoms with van der Waals surface area (Å²) in [4.78, 5) is 17.4. The first-order valence-corrected chi connectivity index (χ1v) is 10.5. The summed E-state index contributed by atoms with van der Waals surface area (Å²) in [6, 6.07) is 15.3. The third-order valence-electron chi connectivity index (χ3n) is 4.70. The van der Waals surface area contributed by atoms with Gasteiger partial charge in [-0.1, -0.05) is 29.8 Å². The molecule has 0 saturated carbocycles. The van der Waals surface area contributed by atoms with Gasteiger partial charge in [0.25, 0.3) is 5.91 Å². The monoisotopic (exact) mass is 441 g/mol. The average Bonchev–Trinajstić information content (AvgIpc) is 3.37. The van der Waals surface area contributed by atoms with Gasteiger partial charge in [0.05, 0.1) is 25.1 Å². The van der Waals surface area contributed by atoms with Crippen molar-refractivity contribution in [1.82, 2.24) is 9.55 Å². The molecule has 0 fully saturated rings. The van der Waals surface area contributed by atoms with Crippen LogP contribution in [-0.2, 0) is 11.3 Å². The largest absolute Gasteiger partial charge is 0.495 e. The smallest absolute Gasteiger partial charge is 0.275 e. The van der Waals surface area contributed by atoms with Crippen LogP contribution in [0.15, 0.2) is 53.9 Å². The molecule has 0 aliphatic carbocycles. The van der Waals surface area contributed by atoms with E-state index in [1.54, 1.807) is 37.8 Å². The summed E-state index contributed by atoms with van der Waals surface area (Å²) in [6.45, 7) is 1.28. The van der Waals surface area contributed by atoms with Crippen LogP contribution in [0.3, 0.4) is 0 Å². The van der Waals surface area contributed by atoms with E-state index in [9.17, 15) is 4.79 Å². The zero-order valence-corrected chi connectivity index (χ0v) is 18.1. The second-order valence-electron chi connectivity index (χ2n) is 6.57. The lowest BCUT2D eigenvalue weighted by Crippen LogP contribution is -2.13. The third kappa shape index (κ3) is 4.05. The van der Waals surface area contributed by atoms with Crippen molar-refractivity contribution in [3.8, 4) is 16.5 Å². The van der Waals surface area contributed by atoms with E-state index >= 15 is 0 Å². The van der Waals surface area contributed by atoms with Gasteiger partial charge < -0.3 is 19.4 Å². The van der Waals surface area contributed by atoms with Gasteiger partial charge in [0.2, 0.25) is 0 Å². The maximum atomic E-state index is 12.8. The zero-order valence-electron chi connectivity index (χ0n) is 16.5. The second kappa shape index (κ2) is 8.87. The number of rotatable bonds is 7. The molecule has 4 aromatic rings. The lowest BCUT2D eigenvalue weighted by Gasteiger charge is -2.09. The zero-order chi connectivity index (χ0) is 21.1. The first-order chi connectivity index (χ1) is 14.6. The third-order valence-corrected chi connectivity index (χ3v) is 5.80. The van der Waals surface area contributed by atoms with Gasteiger partial charge in [-0.05, 0) is 30.3 Å². The number of fused-ring (bicyclic) bond motifs is 1. The van der Waals surface area contributed by atoms with Gasteiger partial charge in [-0.2, -0.15) is 0 Å². The molecule has 6 nitrogen and oxygen atoms in total. The van der Waals surface area contributed by atoms with Gasteiger partial charge in [-0.25, -0.2) is 4.98 Å². The minimum atomic E-state index is -0.322. The van der Waals surface area contributed by atoms with Crippen LogP contribution in [0.1, 0.15) is 10.5 Å². The Hall–Kier alpha value is -2.87. The number of carbonyl (C=O) groups excluding carboxylic acids is 1. The van der Waals surface area contributed by atoms with E-state index in [1.165, 1.54) is 11.3 Å². The summed E-state index contributed by atoms with van der Waals surface area (Å²) in [5.41, 5.74) is 2.89. The quantitative estimate of drug-likeness (QED) is 0.421. The van der Waals surface area contributed by atoms with E-state index in [0.29, 0.717) is 35.3 Å². The molecule has 0 saturated heterocycles. The lowest BCUT2D eigenvalue weighted by molar-refractivity contribution is 0.102. The highest BCUT2D eigenvalue weighted by atomic mass is 35.5. The molecule has 0 bridgehead atoms. The van der Waals surface area contributed by atoms with Crippen LogP contribution in [-0.4, -0.2) is 36.3 Å². The molecule has 2 heterocycles. The fourth-order valence-electron chi connectivity index (χ4n) is 3.27. The Morgan fingerprint density at radius 2 is 2.03 bits per heavy atom. The molecule has 8 heteroatoms. The Balaban J connectivity index is 1.65. The van der Waals surface area contributed by atoms with E-state index in [4.69, 9.17) is 21.1 Å². The normalized spacial score (nSPS) is 11.0. The number of carbonyl (C=O) groups is 1. The SMILES string of the molecule is COCCn1c(-c2nc(C(=O)Nc3cc(Cl)ccc3OC)cs2)cc2ccccc21. The van der Waals surface area contributed by atoms with Crippen molar-refractivity contribution >= 4 is 45.4 Å². The van der Waals surface area contributed by atoms with Gasteiger partial charge >= 0.3 is 0 Å². The molecule has 0 radical (unpaired) electrons. The van der Waals surface area contributed by atoms with Crippen LogP contribution in [0.25, 0.3) is 21.6 Å². The molecular weight excluding hydrogens is 422 g/mol. The summed E-state index contributed by atoms with van der Waals surface area (Å²) in [5, 5.41) is 6.97. The fourth-order valence-corrected chi connectivity index (χ4v) is 4.27. The van der Waals surface area contributed by atoms with Crippen LogP contribution in [0.2, 0.25) is 5.02 Å². The number of thiazole rings is 1. The summed E-state index contributed by atoms with van der Waals surface area (Å²) < 4.78 is 12.7. The molecule has 1 N–H and O–H groups in total. The van der Waals surface area contributed by atoms with Crippen molar-refractivity contribution in [2.24, 2.45) is 0 Å². The number of ether oxygens (including phenoxy) is 2. The average molecular weight is 442 g/mol. The number of para-hydroxylation sites is 1. The number of methoxy groups -OCH3 is 2. The van der Waals surface area contributed by atoms with Crippen LogP contribution in [0.5, 0.6) is 5.75 Å². The van der Waals surface area contributed by atoms with Crippen LogP contribution >= 0.6 is 22.9 Å². The highest BCUT2D eigenvalue weighted by Crippen LogP contribution is 2.32. The summed E-state index contributed by atoms with van der Waals surface area (Å²) in [5.74, 6) is 0.209. The molecule has 4 rings (SSSR count). The van der Waals surface area contributed by atoms with Crippen molar-refractivity contribution in [3.05, 3.63) is 64.6 Å². The first kappa shape index (κ1) is 20.4. The molecule has 30 heavy (non-hydrogen) atoms. The fraction of sp³-hybridized carbons (Fsp3) is 0.182. The number of aromatic nitrogens is 2. The Morgan fingerprint density at radius 1 is 1.20 bits per heavy atom. The summed E-state index contributed by atoms with van der Waals surface area (Å²) in [6.07, 6.45) is 0. The maximum absolute atomic E-state index is 12.8. The van der Waals surface area contributed by atoms with Gasteiger partial charge in [0.15, 0.2) is 0 Å². The standard InChI is InChI=1S/C22H20ClN3O3S/c1-28-10-9-26-18-6-4-3-5-14(18)11-19(26)22-25-17(13-30-22)21(27)24-16-12-15(23)7-8-20(16)29-2/h3-8,11-13H,9-10H2,1-2H3,(H,24,27). The van der Waals surface area contributed by atoms with Crippen molar-refractivity contribution < 1.29 is 14.3 Å². The number of anilines is 1. The Bertz CT molecular complexity index is 1200. The Kier molecular flexibility index (Phi) is 6.03. The topological polar surface area (TPSA) is 65.4 Å². The number of nitrogens with one attached hydrogen (secondary N) is 1. The van der Waals surface area contributed by atoms with E-state index < -0.39 is 0 Å². The highest BCUT2D eigenvalue weighted by Gasteiger charge is 2.18. The molecule has 2 aromatic carbocycles. The predicted octanol–water partition coefficient (Wildman–Crippen LogP) is 5.33. The molecule has 1 amide bonds. The predicted molar refractivity (Wildman–Crippen MR) is 121 cm³/mol. The summed E-state index contributed by atoms with van der Waals surface area (Å²) >= 11 is 7.48. The van der Waals surface area contributed by atoms with E-state index in [-0.39, 0.29) is 5.91 Å². The molecule has 2 aromatic heterocycles. The van der Waals surface area contributed by atoms with Crippen molar-refractivity contribution in [2.45, 2.75) is 6.54 Å². The van der Waals surface area contributed by atoms with Crippen LogP contribution < -0.4 is 10.1 Å². The van der Waals surface area contributed by atoms with Crippen molar-refractivity contribution in [3.63, 3.8) is 0 Å². The molecule has 0 aliphatic rings. The van der Waals surface area contributed by atoms with Gasteiger partial charge in [-0.3, -0.25) is 4.79 Å². The molecule has 0 atom stereocenters. The minimum Gasteiger partial charge on any atom is -0.495 e. The number of benzene rings is 2. The first-order valence-electron chi connectivity index (χ1n) is 9.28. The minimum absolute atomic E-state index is 0.322. The number of hydrogen-bond acceptors (Lipinski definition) is 5. The molecule has 0 aliphatic heterocycles. The second-order valence-corrected chi connectivity index (χ2v) is 7.86. The Morgan fingerprint density at radius 3 is 2.83 bits per heavy atom. The van der Waals surface area contributed by atoms with E-state index in [1.807, 2.05) is 12.1 Å². The number of amides is 1. The molecule has 0 unspecified atom stereocenters. The van der Waals surface area contributed by atoms with Crippen molar-refractivity contribution in [2.75, 3.05) is 26.1 Å². The number of halogens is 1. The van der Waals surface area contributed by atoms with Gasteiger partial charge in [0.1, 0.15) is 16.5 Å². The maximum Gasteiger partial charge on any atom is 0.275 e. The summed E-state index contributed by atoms with van der Waals surface area (Å²) in [7, 11) is 3.22. The van der Waals surface area contributed by atoms with E-state index in [2.05, 4.69) is 33.1 Å². The highest BCUT2D eigenvalue weighted by molar-refractivity contribution is 7.13. The van der Waals surface area contributed by atoms with Gasteiger partial charge in [-0.15, -0.1) is 11.3 Å². The number of hydrogen-bond donors (Lipinski definition) is 1.